The molecule has 3 nitrogen and oxygen atoms in total. The molecule has 0 aliphatic rings. The van der Waals surface area contributed by atoms with E-state index in [1.54, 1.807) is 24.3 Å². The predicted octanol–water partition coefficient (Wildman–Crippen LogP) is -0.222. The lowest BCUT2D eigenvalue weighted by Crippen LogP contribution is -2.44. The fourth-order valence-electron chi connectivity index (χ4n) is 1.37. The zero-order valence-electron chi connectivity index (χ0n) is 9.08. The summed E-state index contributed by atoms with van der Waals surface area (Å²) in [7, 11) is -4.24. The molecule has 0 spiro atoms. The second kappa shape index (κ2) is 5.90. The molecule has 0 aromatic heterocycles. The van der Waals surface area contributed by atoms with Gasteiger partial charge in [-0.3, -0.25) is 0 Å². The van der Waals surface area contributed by atoms with Gasteiger partial charge in [0.25, 0.3) is 0 Å². The second-order valence-electron chi connectivity index (χ2n) is 3.44. The topological polar surface area (TPSA) is 49.7 Å². The van der Waals surface area contributed by atoms with E-state index in [-0.39, 0.29) is 0 Å². The minimum absolute atomic E-state index is 0.741. The number of hydrogen-bond donors (Lipinski definition) is 2. The molecule has 0 unspecified atom stereocenters. The van der Waals surface area contributed by atoms with Gasteiger partial charge in [0.2, 0.25) is 0 Å². The molecule has 17 heavy (non-hydrogen) atoms. The van der Waals surface area contributed by atoms with Crippen LogP contribution in [0, 0.1) is 0 Å². The lowest BCUT2D eigenvalue weighted by atomic mass is 10.4. The van der Waals surface area contributed by atoms with Gasteiger partial charge in [0.1, 0.15) is 0 Å². The summed E-state index contributed by atoms with van der Waals surface area (Å²) in [6.45, 7) is 0. The van der Waals surface area contributed by atoms with Crippen molar-refractivity contribution in [3.63, 3.8) is 0 Å². The van der Waals surface area contributed by atoms with Gasteiger partial charge in [-0.1, -0.05) is 60.7 Å². The van der Waals surface area contributed by atoms with Gasteiger partial charge in [0, 0.05) is 0 Å². The molecule has 2 N–H and O–H groups in total. The van der Waals surface area contributed by atoms with E-state index in [0.717, 1.165) is 10.4 Å². The van der Waals surface area contributed by atoms with Crippen LogP contribution in [0.3, 0.4) is 0 Å². The second-order valence-corrected chi connectivity index (χ2v) is 6.64. The molecule has 0 heterocycles. The molecule has 0 aliphatic heterocycles. The van der Waals surface area contributed by atoms with Gasteiger partial charge < -0.3 is 13.7 Å². The number of hydrogen-bond acceptors (Lipinski definition) is 3. The number of benzene rings is 2. The Kier molecular flexibility index (Phi) is 4.24. The Bertz CT molecular complexity index is 406. The predicted molar refractivity (Wildman–Crippen MR) is 69.2 cm³/mol. The molecular weight excluding hydrogens is 248 g/mol. The van der Waals surface area contributed by atoms with E-state index in [1.165, 1.54) is 0 Å². The van der Waals surface area contributed by atoms with Crippen molar-refractivity contribution in [2.45, 2.75) is 0 Å². The van der Waals surface area contributed by atoms with E-state index >= 15 is 0 Å². The fourth-order valence-corrected chi connectivity index (χ4v) is 4.00. The third-order valence-corrected chi connectivity index (χ3v) is 5.44. The standard InChI is InChI=1S/C12H12O3Si2/c13-16(11-7-3-1-4-8-11)15-17(14)12-9-5-2-6-10-12/h1-10,13-14H. The lowest BCUT2D eigenvalue weighted by molar-refractivity contribution is 0.379. The Hall–Kier alpha value is -1.25. The third-order valence-electron chi connectivity index (χ3n) is 2.23. The first kappa shape index (κ1) is 12.2. The maximum Gasteiger partial charge on any atom is 0.411 e. The van der Waals surface area contributed by atoms with Crippen LogP contribution >= 0.6 is 0 Å². The lowest BCUT2D eigenvalue weighted by Gasteiger charge is -2.12. The molecule has 2 aromatic rings. The minimum atomic E-state index is -2.12. The first-order valence-electron chi connectivity index (χ1n) is 5.18. The normalized spacial score (nSPS) is 11.1. The summed E-state index contributed by atoms with van der Waals surface area (Å²) in [5.74, 6) is 0. The van der Waals surface area contributed by atoms with Crippen LogP contribution < -0.4 is 10.4 Å². The van der Waals surface area contributed by atoms with Gasteiger partial charge in [-0.05, 0) is 10.4 Å². The van der Waals surface area contributed by atoms with Crippen molar-refractivity contribution in [2.75, 3.05) is 0 Å². The molecule has 0 fully saturated rings. The fraction of sp³-hybridized carbons (Fsp3) is 0. The monoisotopic (exact) mass is 260 g/mol. The summed E-state index contributed by atoms with van der Waals surface area (Å²) in [5.41, 5.74) is 0. The van der Waals surface area contributed by atoms with Gasteiger partial charge in [0.05, 0.1) is 0 Å². The van der Waals surface area contributed by atoms with Crippen LogP contribution in [0.5, 0.6) is 0 Å². The van der Waals surface area contributed by atoms with Crippen LogP contribution in [0.25, 0.3) is 0 Å². The van der Waals surface area contributed by atoms with Crippen LogP contribution in [-0.2, 0) is 4.12 Å². The molecule has 0 bridgehead atoms. The van der Waals surface area contributed by atoms with E-state index < -0.39 is 18.6 Å². The van der Waals surface area contributed by atoms with Gasteiger partial charge in [-0.2, -0.15) is 0 Å². The molecule has 0 atom stereocenters. The highest BCUT2D eigenvalue weighted by Gasteiger charge is 2.22. The minimum Gasteiger partial charge on any atom is -0.407 e. The third kappa shape index (κ3) is 3.35. The largest absolute Gasteiger partial charge is 0.411 e. The van der Waals surface area contributed by atoms with Gasteiger partial charge in [-0.25, -0.2) is 0 Å². The zero-order chi connectivity index (χ0) is 12.1. The van der Waals surface area contributed by atoms with Crippen LogP contribution in [0.15, 0.2) is 60.7 Å². The molecule has 2 radical (unpaired) electrons. The van der Waals surface area contributed by atoms with Crippen LogP contribution in [0.4, 0.5) is 0 Å². The Morgan fingerprint density at radius 2 is 1.00 bits per heavy atom. The molecule has 0 saturated heterocycles. The first-order valence-corrected chi connectivity index (χ1v) is 7.89. The Balaban J connectivity index is 2.02. The Morgan fingerprint density at radius 1 is 0.647 bits per heavy atom. The summed E-state index contributed by atoms with van der Waals surface area (Å²) in [6.07, 6.45) is 0. The highest BCUT2D eigenvalue weighted by molar-refractivity contribution is 6.73. The summed E-state index contributed by atoms with van der Waals surface area (Å²) in [4.78, 5) is 19.8. The summed E-state index contributed by atoms with van der Waals surface area (Å²) in [6, 6.07) is 18.3. The summed E-state index contributed by atoms with van der Waals surface area (Å²) >= 11 is 0. The summed E-state index contributed by atoms with van der Waals surface area (Å²) < 4.78 is 5.34. The van der Waals surface area contributed by atoms with Crippen LogP contribution in [-0.4, -0.2) is 28.2 Å². The van der Waals surface area contributed by atoms with Crippen molar-refractivity contribution in [3.05, 3.63) is 60.7 Å². The smallest absolute Gasteiger partial charge is 0.407 e. The van der Waals surface area contributed by atoms with Crippen molar-refractivity contribution >= 4 is 28.9 Å². The van der Waals surface area contributed by atoms with Gasteiger partial charge >= 0.3 is 18.6 Å². The van der Waals surface area contributed by atoms with Gasteiger partial charge in [0.15, 0.2) is 0 Å². The Morgan fingerprint density at radius 3 is 1.35 bits per heavy atom. The highest BCUT2D eigenvalue weighted by atomic mass is 28.4. The molecule has 5 heteroatoms. The van der Waals surface area contributed by atoms with E-state index in [0.29, 0.717) is 0 Å². The molecule has 86 valence electrons. The number of rotatable bonds is 4. The summed E-state index contributed by atoms with van der Waals surface area (Å²) in [5, 5.41) is 1.48. The Labute approximate surface area is 104 Å². The van der Waals surface area contributed by atoms with E-state index in [2.05, 4.69) is 0 Å². The van der Waals surface area contributed by atoms with Crippen LogP contribution in [0.1, 0.15) is 0 Å². The molecule has 0 aliphatic carbocycles. The molecule has 0 saturated carbocycles. The average Bonchev–Trinajstić information content (AvgIpc) is 2.40. The highest BCUT2D eigenvalue weighted by Crippen LogP contribution is 1.92. The van der Waals surface area contributed by atoms with Crippen LogP contribution in [0.2, 0.25) is 0 Å². The van der Waals surface area contributed by atoms with Crippen molar-refractivity contribution < 1.29 is 13.7 Å². The maximum absolute atomic E-state index is 9.90. The first-order chi connectivity index (χ1) is 8.27. The van der Waals surface area contributed by atoms with Crippen molar-refractivity contribution in [2.24, 2.45) is 0 Å². The zero-order valence-corrected chi connectivity index (χ0v) is 11.1. The molecule has 2 rings (SSSR count). The molecule has 0 amide bonds. The van der Waals surface area contributed by atoms with E-state index in [4.69, 9.17) is 4.12 Å². The van der Waals surface area contributed by atoms with Crippen molar-refractivity contribution in [3.8, 4) is 0 Å². The van der Waals surface area contributed by atoms with Gasteiger partial charge in [-0.15, -0.1) is 0 Å². The maximum atomic E-state index is 9.90. The average molecular weight is 260 g/mol. The van der Waals surface area contributed by atoms with E-state index in [1.807, 2.05) is 36.4 Å². The quantitative estimate of drug-likeness (QED) is 0.747. The molecule has 2 aromatic carbocycles. The van der Waals surface area contributed by atoms with E-state index in [9.17, 15) is 9.59 Å². The van der Waals surface area contributed by atoms with Crippen molar-refractivity contribution in [1.29, 1.82) is 0 Å². The van der Waals surface area contributed by atoms with Crippen molar-refractivity contribution in [1.82, 2.24) is 0 Å². The SMILES string of the molecule is O[Si](O[Si](O)c1ccccc1)c1ccccc1. The molecular formula is C12H12O3Si2.